The molecule has 1 aromatic heterocycles. The van der Waals surface area contributed by atoms with E-state index in [-0.39, 0.29) is 30.0 Å². The normalized spacial score (nSPS) is 18.9. The van der Waals surface area contributed by atoms with Gasteiger partial charge in [0.25, 0.3) is 0 Å². The molecule has 0 amide bonds. The number of H-pyrrole nitrogens is 1. The molecule has 3 rings (SSSR count). The lowest BCUT2D eigenvalue weighted by atomic mass is 10.0. The van der Waals surface area contributed by atoms with Gasteiger partial charge in [-0.05, 0) is 25.5 Å². The number of para-hydroxylation sites is 2. The van der Waals surface area contributed by atoms with Crippen LogP contribution < -0.4 is 4.74 Å². The molecule has 2 unspecified atom stereocenters. The SMILES string of the molecule is CC(C)c1n[nH]c(C2CCCCN2CC(O)COc2ccccc2[N+](=O)[O-])n1. The molecule has 2 atom stereocenters. The van der Waals surface area contributed by atoms with Crippen molar-refractivity contribution in [1.29, 1.82) is 0 Å². The molecule has 0 saturated carbocycles. The average Bonchev–Trinajstić information content (AvgIpc) is 3.17. The maximum absolute atomic E-state index is 11.1. The Hall–Kier alpha value is -2.52. The fraction of sp³-hybridized carbons (Fsp3) is 0.579. The second-order valence-corrected chi connectivity index (χ2v) is 7.43. The lowest BCUT2D eigenvalue weighted by Gasteiger charge is -2.35. The summed E-state index contributed by atoms with van der Waals surface area (Å²) in [7, 11) is 0. The quantitative estimate of drug-likeness (QED) is 0.526. The van der Waals surface area contributed by atoms with Crippen molar-refractivity contribution >= 4 is 5.69 Å². The van der Waals surface area contributed by atoms with Gasteiger partial charge in [-0.2, -0.15) is 5.10 Å². The minimum atomic E-state index is -0.770. The molecule has 2 N–H and O–H groups in total. The van der Waals surface area contributed by atoms with Gasteiger partial charge in [-0.3, -0.25) is 20.1 Å². The largest absolute Gasteiger partial charge is 0.484 e. The van der Waals surface area contributed by atoms with Crippen LogP contribution in [0, 0.1) is 10.1 Å². The number of aromatic amines is 1. The molecule has 9 heteroatoms. The zero-order valence-corrected chi connectivity index (χ0v) is 16.2. The van der Waals surface area contributed by atoms with E-state index in [9.17, 15) is 15.2 Å². The number of aromatic nitrogens is 3. The van der Waals surface area contributed by atoms with Gasteiger partial charge >= 0.3 is 5.69 Å². The van der Waals surface area contributed by atoms with Gasteiger partial charge in [0.1, 0.15) is 18.5 Å². The number of piperidine rings is 1. The van der Waals surface area contributed by atoms with Crippen molar-refractivity contribution in [3.8, 4) is 5.75 Å². The topological polar surface area (TPSA) is 117 Å². The predicted molar refractivity (Wildman–Crippen MR) is 103 cm³/mol. The lowest BCUT2D eigenvalue weighted by Crippen LogP contribution is -2.41. The van der Waals surface area contributed by atoms with Gasteiger partial charge in [0.05, 0.1) is 11.0 Å². The van der Waals surface area contributed by atoms with E-state index < -0.39 is 11.0 Å². The molecule has 2 heterocycles. The third kappa shape index (κ3) is 4.85. The molecule has 0 aliphatic carbocycles. The van der Waals surface area contributed by atoms with Gasteiger partial charge in [0, 0.05) is 18.5 Å². The molecule has 0 bridgehead atoms. The monoisotopic (exact) mass is 389 g/mol. The van der Waals surface area contributed by atoms with Crippen LogP contribution in [0.4, 0.5) is 5.69 Å². The molecule has 1 saturated heterocycles. The van der Waals surface area contributed by atoms with Crippen molar-refractivity contribution in [1.82, 2.24) is 20.1 Å². The fourth-order valence-electron chi connectivity index (χ4n) is 3.45. The van der Waals surface area contributed by atoms with Crippen LogP contribution >= 0.6 is 0 Å². The molecule has 1 aliphatic heterocycles. The molecule has 2 aromatic rings. The van der Waals surface area contributed by atoms with Gasteiger partial charge in [-0.25, -0.2) is 4.98 Å². The molecule has 0 spiro atoms. The summed E-state index contributed by atoms with van der Waals surface area (Å²) >= 11 is 0. The lowest BCUT2D eigenvalue weighted by molar-refractivity contribution is -0.385. The number of aliphatic hydroxyl groups excluding tert-OH is 1. The zero-order valence-electron chi connectivity index (χ0n) is 16.2. The Morgan fingerprint density at radius 1 is 1.39 bits per heavy atom. The highest BCUT2D eigenvalue weighted by molar-refractivity contribution is 5.45. The van der Waals surface area contributed by atoms with E-state index in [2.05, 4.69) is 33.9 Å². The smallest absolute Gasteiger partial charge is 0.310 e. The maximum atomic E-state index is 11.1. The fourth-order valence-corrected chi connectivity index (χ4v) is 3.45. The Morgan fingerprint density at radius 2 is 2.18 bits per heavy atom. The number of nitro groups is 1. The number of rotatable bonds is 8. The number of ether oxygens (including phenoxy) is 1. The second-order valence-electron chi connectivity index (χ2n) is 7.43. The van der Waals surface area contributed by atoms with Crippen LogP contribution in [0.15, 0.2) is 24.3 Å². The van der Waals surface area contributed by atoms with Crippen molar-refractivity contribution in [3.05, 3.63) is 46.0 Å². The Kier molecular flexibility index (Phi) is 6.58. The summed E-state index contributed by atoms with van der Waals surface area (Å²) in [6, 6.07) is 6.26. The van der Waals surface area contributed by atoms with Crippen LogP contribution in [0.1, 0.15) is 56.7 Å². The number of aliphatic hydroxyl groups is 1. The van der Waals surface area contributed by atoms with E-state index in [4.69, 9.17) is 4.74 Å². The van der Waals surface area contributed by atoms with Crippen LogP contribution in [0.2, 0.25) is 0 Å². The number of β-amino-alcohol motifs (C(OH)–C–C–N with tert-alkyl or cyclic N) is 1. The summed E-state index contributed by atoms with van der Waals surface area (Å²) in [6.45, 7) is 5.35. The zero-order chi connectivity index (χ0) is 20.1. The van der Waals surface area contributed by atoms with Gasteiger partial charge in [0.2, 0.25) is 0 Å². The number of likely N-dealkylation sites (tertiary alicyclic amines) is 1. The van der Waals surface area contributed by atoms with Gasteiger partial charge < -0.3 is 9.84 Å². The van der Waals surface area contributed by atoms with Crippen molar-refractivity contribution in [3.63, 3.8) is 0 Å². The number of benzene rings is 1. The first-order valence-corrected chi connectivity index (χ1v) is 9.66. The van der Waals surface area contributed by atoms with E-state index in [1.54, 1.807) is 12.1 Å². The summed E-state index contributed by atoms with van der Waals surface area (Å²) in [6.07, 6.45) is 2.33. The molecule has 9 nitrogen and oxygen atoms in total. The highest BCUT2D eigenvalue weighted by Gasteiger charge is 2.29. The minimum absolute atomic E-state index is 0.0122. The number of hydrogen-bond donors (Lipinski definition) is 2. The third-order valence-electron chi connectivity index (χ3n) is 4.90. The summed E-state index contributed by atoms with van der Waals surface area (Å²) in [4.78, 5) is 17.4. The van der Waals surface area contributed by atoms with Gasteiger partial charge in [-0.1, -0.05) is 32.4 Å². The van der Waals surface area contributed by atoms with Gasteiger partial charge in [0.15, 0.2) is 11.6 Å². The molecule has 1 aromatic carbocycles. The Bertz CT molecular complexity index is 794. The first-order valence-electron chi connectivity index (χ1n) is 9.66. The highest BCUT2D eigenvalue weighted by Crippen LogP contribution is 2.30. The minimum Gasteiger partial charge on any atom is -0.484 e. The number of nitrogens with one attached hydrogen (secondary N) is 1. The maximum Gasteiger partial charge on any atom is 0.310 e. The van der Waals surface area contributed by atoms with Crippen molar-refractivity contribution < 1.29 is 14.8 Å². The van der Waals surface area contributed by atoms with E-state index in [0.29, 0.717) is 6.54 Å². The van der Waals surface area contributed by atoms with Crippen LogP contribution in [0.3, 0.4) is 0 Å². The first kappa shape index (κ1) is 20.2. The molecule has 1 fully saturated rings. The van der Waals surface area contributed by atoms with Crippen molar-refractivity contribution in [2.75, 3.05) is 19.7 Å². The Morgan fingerprint density at radius 3 is 2.89 bits per heavy atom. The second kappa shape index (κ2) is 9.11. The van der Waals surface area contributed by atoms with E-state index in [0.717, 1.165) is 37.5 Å². The number of hydrogen-bond acceptors (Lipinski definition) is 7. The van der Waals surface area contributed by atoms with Crippen LogP contribution in [-0.2, 0) is 0 Å². The molecule has 0 radical (unpaired) electrons. The Balaban J connectivity index is 1.61. The summed E-state index contributed by atoms with van der Waals surface area (Å²) in [5.74, 6) is 2.04. The molecule has 28 heavy (non-hydrogen) atoms. The van der Waals surface area contributed by atoms with Gasteiger partial charge in [-0.15, -0.1) is 0 Å². The molecular formula is C19H27N5O4. The first-order chi connectivity index (χ1) is 13.5. The standard InChI is InChI=1S/C19H27N5O4/c1-13(2)18-20-19(22-21-18)16-8-5-6-10-23(16)11-14(25)12-28-17-9-4-3-7-15(17)24(26)27/h3-4,7,9,13-14,16,25H,5-6,8,10-12H2,1-2H3,(H,20,21,22). The molecule has 152 valence electrons. The van der Waals surface area contributed by atoms with Crippen molar-refractivity contribution in [2.24, 2.45) is 0 Å². The molecular weight excluding hydrogens is 362 g/mol. The van der Waals surface area contributed by atoms with Crippen LogP contribution in [-0.4, -0.2) is 55.9 Å². The summed E-state index contributed by atoms with van der Waals surface area (Å²) in [5, 5.41) is 28.9. The van der Waals surface area contributed by atoms with E-state index >= 15 is 0 Å². The predicted octanol–water partition coefficient (Wildman–Crippen LogP) is 2.80. The highest BCUT2D eigenvalue weighted by atomic mass is 16.6. The molecule has 1 aliphatic rings. The number of nitrogens with zero attached hydrogens (tertiary/aromatic N) is 4. The average molecular weight is 389 g/mol. The van der Waals surface area contributed by atoms with E-state index in [1.165, 1.54) is 12.1 Å². The van der Waals surface area contributed by atoms with Crippen LogP contribution in [0.5, 0.6) is 5.75 Å². The summed E-state index contributed by atoms with van der Waals surface area (Å²) in [5.41, 5.74) is -0.103. The Labute approximate surface area is 163 Å². The van der Waals surface area contributed by atoms with E-state index in [1.807, 2.05) is 0 Å². The number of nitro benzene ring substituents is 1. The summed E-state index contributed by atoms with van der Waals surface area (Å²) < 4.78 is 5.52. The third-order valence-corrected chi connectivity index (χ3v) is 4.90. The van der Waals surface area contributed by atoms with Crippen LogP contribution in [0.25, 0.3) is 0 Å². The van der Waals surface area contributed by atoms with Crippen molar-refractivity contribution in [2.45, 2.75) is 51.2 Å².